The minimum Gasteiger partial charge on any atom is -0.380 e. The molecule has 0 amide bonds. The SMILES string of the molecule is COC1CCN(c2ccc(Br)cc2CCN)C1. The maximum atomic E-state index is 5.67. The first-order valence-electron chi connectivity index (χ1n) is 6.01. The Morgan fingerprint density at radius 1 is 1.53 bits per heavy atom. The number of nitrogens with two attached hydrogens (primary N) is 1. The summed E-state index contributed by atoms with van der Waals surface area (Å²) in [7, 11) is 1.79. The highest BCUT2D eigenvalue weighted by Crippen LogP contribution is 2.28. The molecule has 1 aliphatic heterocycles. The van der Waals surface area contributed by atoms with Crippen LogP contribution in [0.3, 0.4) is 0 Å². The van der Waals surface area contributed by atoms with E-state index in [9.17, 15) is 0 Å². The van der Waals surface area contributed by atoms with Gasteiger partial charge in [-0.3, -0.25) is 0 Å². The first kappa shape index (κ1) is 12.9. The van der Waals surface area contributed by atoms with Crippen LogP contribution in [0.4, 0.5) is 5.69 Å². The largest absolute Gasteiger partial charge is 0.380 e. The molecule has 1 heterocycles. The number of hydrogen-bond acceptors (Lipinski definition) is 3. The molecule has 2 N–H and O–H groups in total. The Kier molecular flexibility index (Phi) is 4.42. The number of methoxy groups -OCH3 is 1. The number of benzene rings is 1. The summed E-state index contributed by atoms with van der Waals surface area (Å²) < 4.78 is 6.53. The van der Waals surface area contributed by atoms with E-state index in [1.807, 2.05) is 0 Å². The van der Waals surface area contributed by atoms with Crippen molar-refractivity contribution in [3.63, 3.8) is 0 Å². The van der Waals surface area contributed by atoms with E-state index in [0.717, 1.165) is 30.4 Å². The summed E-state index contributed by atoms with van der Waals surface area (Å²) in [5, 5.41) is 0. The number of anilines is 1. The highest BCUT2D eigenvalue weighted by atomic mass is 79.9. The molecule has 1 aliphatic rings. The van der Waals surface area contributed by atoms with Crippen molar-refractivity contribution in [1.82, 2.24) is 0 Å². The molecule has 0 radical (unpaired) electrons. The monoisotopic (exact) mass is 298 g/mol. The lowest BCUT2D eigenvalue weighted by atomic mass is 10.1. The van der Waals surface area contributed by atoms with E-state index >= 15 is 0 Å². The third-order valence-electron chi connectivity index (χ3n) is 3.27. The lowest BCUT2D eigenvalue weighted by Crippen LogP contribution is -2.23. The van der Waals surface area contributed by atoms with Crippen LogP contribution in [-0.4, -0.2) is 32.8 Å². The Morgan fingerprint density at radius 2 is 2.35 bits per heavy atom. The smallest absolute Gasteiger partial charge is 0.0762 e. The number of rotatable bonds is 4. The zero-order valence-electron chi connectivity index (χ0n) is 10.2. The fourth-order valence-corrected chi connectivity index (χ4v) is 2.77. The van der Waals surface area contributed by atoms with Crippen LogP contribution >= 0.6 is 15.9 Å². The highest BCUT2D eigenvalue weighted by Gasteiger charge is 2.23. The van der Waals surface area contributed by atoms with Gasteiger partial charge in [-0.05, 0) is 43.1 Å². The van der Waals surface area contributed by atoms with Gasteiger partial charge in [-0.1, -0.05) is 15.9 Å². The number of hydrogen-bond donors (Lipinski definition) is 1. The van der Waals surface area contributed by atoms with Gasteiger partial charge in [0.15, 0.2) is 0 Å². The minimum absolute atomic E-state index is 0.365. The molecule has 1 atom stereocenters. The minimum atomic E-state index is 0.365. The van der Waals surface area contributed by atoms with E-state index in [2.05, 4.69) is 39.0 Å². The van der Waals surface area contributed by atoms with E-state index in [0.29, 0.717) is 12.6 Å². The molecule has 17 heavy (non-hydrogen) atoms. The second kappa shape index (κ2) is 5.85. The lowest BCUT2D eigenvalue weighted by molar-refractivity contribution is 0.121. The molecular formula is C13H19BrN2O. The van der Waals surface area contributed by atoms with E-state index in [1.165, 1.54) is 11.3 Å². The van der Waals surface area contributed by atoms with Gasteiger partial charge in [0.2, 0.25) is 0 Å². The van der Waals surface area contributed by atoms with Gasteiger partial charge in [-0.2, -0.15) is 0 Å². The average molecular weight is 299 g/mol. The summed E-state index contributed by atoms with van der Waals surface area (Å²) in [6.45, 7) is 2.73. The fraction of sp³-hybridized carbons (Fsp3) is 0.538. The summed E-state index contributed by atoms with van der Waals surface area (Å²) in [5.74, 6) is 0. The van der Waals surface area contributed by atoms with Gasteiger partial charge in [0.1, 0.15) is 0 Å². The van der Waals surface area contributed by atoms with Gasteiger partial charge in [-0.15, -0.1) is 0 Å². The van der Waals surface area contributed by atoms with E-state index < -0.39 is 0 Å². The predicted molar refractivity (Wildman–Crippen MR) is 74.5 cm³/mol. The van der Waals surface area contributed by atoms with Crippen LogP contribution in [0.5, 0.6) is 0 Å². The van der Waals surface area contributed by atoms with Crippen LogP contribution in [0.2, 0.25) is 0 Å². The fourth-order valence-electron chi connectivity index (χ4n) is 2.36. The van der Waals surface area contributed by atoms with Gasteiger partial charge in [-0.25, -0.2) is 0 Å². The summed E-state index contributed by atoms with van der Waals surface area (Å²) in [6, 6.07) is 6.44. The quantitative estimate of drug-likeness (QED) is 0.926. The predicted octanol–water partition coefficient (Wildman–Crippen LogP) is 2.18. The number of ether oxygens (including phenoxy) is 1. The maximum Gasteiger partial charge on any atom is 0.0762 e. The van der Waals surface area contributed by atoms with E-state index in [4.69, 9.17) is 10.5 Å². The summed E-state index contributed by atoms with van der Waals surface area (Å²) >= 11 is 3.52. The van der Waals surface area contributed by atoms with Crippen molar-refractivity contribution in [2.75, 3.05) is 31.6 Å². The van der Waals surface area contributed by atoms with Crippen LogP contribution in [0.25, 0.3) is 0 Å². The molecule has 94 valence electrons. The van der Waals surface area contributed by atoms with E-state index in [1.54, 1.807) is 7.11 Å². The Labute approximate surface area is 111 Å². The van der Waals surface area contributed by atoms with Gasteiger partial charge >= 0.3 is 0 Å². The highest BCUT2D eigenvalue weighted by molar-refractivity contribution is 9.10. The van der Waals surface area contributed by atoms with Crippen LogP contribution < -0.4 is 10.6 Å². The molecular weight excluding hydrogens is 280 g/mol. The van der Waals surface area contributed by atoms with E-state index in [-0.39, 0.29) is 0 Å². The summed E-state index contributed by atoms with van der Waals surface area (Å²) in [5.41, 5.74) is 8.30. The second-order valence-corrected chi connectivity index (χ2v) is 5.32. The van der Waals surface area contributed by atoms with Crippen LogP contribution in [-0.2, 0) is 11.2 Å². The summed E-state index contributed by atoms with van der Waals surface area (Å²) in [6.07, 6.45) is 2.39. The van der Waals surface area contributed by atoms with Crippen LogP contribution in [0, 0.1) is 0 Å². The molecule has 1 aromatic rings. The molecule has 0 aliphatic carbocycles. The first-order valence-corrected chi connectivity index (χ1v) is 6.80. The molecule has 1 unspecified atom stereocenters. The zero-order chi connectivity index (χ0) is 12.3. The standard InChI is InChI=1S/C13H19BrN2O/c1-17-12-5-7-16(9-12)13-3-2-11(14)8-10(13)4-6-15/h2-3,8,12H,4-7,9,15H2,1H3. The molecule has 3 nitrogen and oxygen atoms in total. The lowest BCUT2D eigenvalue weighted by Gasteiger charge is -2.22. The van der Waals surface area contributed by atoms with Crippen LogP contribution in [0.1, 0.15) is 12.0 Å². The van der Waals surface area contributed by atoms with Crippen molar-refractivity contribution in [1.29, 1.82) is 0 Å². The Hall–Kier alpha value is -0.580. The molecule has 0 spiro atoms. The third kappa shape index (κ3) is 3.00. The van der Waals surface area contributed by atoms with Crippen molar-refractivity contribution in [2.45, 2.75) is 18.9 Å². The second-order valence-electron chi connectivity index (χ2n) is 4.40. The molecule has 1 fully saturated rings. The van der Waals surface area contributed by atoms with Crippen molar-refractivity contribution in [3.8, 4) is 0 Å². The molecule has 0 bridgehead atoms. The first-order chi connectivity index (χ1) is 8.24. The van der Waals surface area contributed by atoms with Crippen molar-refractivity contribution >= 4 is 21.6 Å². The maximum absolute atomic E-state index is 5.67. The normalized spacial score (nSPS) is 19.9. The molecule has 0 saturated carbocycles. The van der Waals surface area contributed by atoms with Crippen molar-refractivity contribution in [3.05, 3.63) is 28.2 Å². The zero-order valence-corrected chi connectivity index (χ0v) is 11.7. The average Bonchev–Trinajstić information content (AvgIpc) is 2.78. The Bertz CT molecular complexity index is 384. The molecule has 2 rings (SSSR count). The van der Waals surface area contributed by atoms with Gasteiger partial charge in [0.25, 0.3) is 0 Å². The van der Waals surface area contributed by atoms with Gasteiger partial charge < -0.3 is 15.4 Å². The Balaban J connectivity index is 2.19. The number of nitrogens with zero attached hydrogens (tertiary/aromatic N) is 1. The van der Waals surface area contributed by atoms with Crippen LogP contribution in [0.15, 0.2) is 22.7 Å². The van der Waals surface area contributed by atoms with Gasteiger partial charge in [0, 0.05) is 30.4 Å². The summed E-state index contributed by atoms with van der Waals surface area (Å²) in [4.78, 5) is 2.39. The topological polar surface area (TPSA) is 38.5 Å². The molecule has 1 aromatic carbocycles. The molecule has 1 saturated heterocycles. The van der Waals surface area contributed by atoms with Crippen molar-refractivity contribution < 1.29 is 4.74 Å². The molecule has 0 aromatic heterocycles. The number of halogens is 1. The Morgan fingerprint density at radius 3 is 3.00 bits per heavy atom. The third-order valence-corrected chi connectivity index (χ3v) is 3.77. The van der Waals surface area contributed by atoms with Gasteiger partial charge in [0.05, 0.1) is 6.10 Å². The van der Waals surface area contributed by atoms with Crippen molar-refractivity contribution in [2.24, 2.45) is 5.73 Å². The molecule has 4 heteroatoms.